The highest BCUT2D eigenvalue weighted by atomic mass is 32.4. The van der Waals surface area contributed by atoms with Crippen LogP contribution in [0.15, 0.2) is 212 Å². The molecule has 0 unspecified atom stereocenters. The third kappa shape index (κ3) is 5.28. The molecular formula is C57H35N2PS. The summed E-state index contributed by atoms with van der Waals surface area (Å²) in [6.45, 7) is 0. The Morgan fingerprint density at radius 1 is 0.344 bits per heavy atom. The number of imidazole rings is 1. The molecule has 0 atom stereocenters. The van der Waals surface area contributed by atoms with Crippen LogP contribution in [0.25, 0.3) is 103 Å². The highest BCUT2D eigenvalue weighted by Crippen LogP contribution is 2.45. The molecule has 0 N–H and O–H groups in total. The molecule has 0 saturated heterocycles. The Kier molecular flexibility index (Phi) is 7.49. The molecule has 0 aliphatic carbocycles. The van der Waals surface area contributed by atoms with E-state index in [1.54, 1.807) is 0 Å². The van der Waals surface area contributed by atoms with Gasteiger partial charge in [-0.3, -0.25) is 4.40 Å². The summed E-state index contributed by atoms with van der Waals surface area (Å²) in [5.41, 5.74) is 6.66. The van der Waals surface area contributed by atoms with Crippen molar-refractivity contribution in [1.82, 2.24) is 9.38 Å². The topological polar surface area (TPSA) is 17.3 Å². The van der Waals surface area contributed by atoms with E-state index >= 15 is 0 Å². The van der Waals surface area contributed by atoms with Gasteiger partial charge in [0.25, 0.3) is 0 Å². The largest absolute Gasteiger partial charge is 0.292 e. The average molecular weight is 811 g/mol. The fourth-order valence-corrected chi connectivity index (χ4v) is 13.6. The van der Waals surface area contributed by atoms with Crippen molar-refractivity contribution in [2.75, 3.05) is 0 Å². The maximum Gasteiger partial charge on any atom is 0.147 e. The number of benzene rings is 11. The van der Waals surface area contributed by atoms with E-state index in [2.05, 4.69) is 217 Å². The standard InChI is InChI=1S/C57H35N2PS/c61-60(47-25-21-36-9-1-3-12-39(36)31-47,48-26-22-37-10-2-4-13-40(37)32-48)49-27-23-43-29-41(17-19-44(43)33-49)42-18-20-45-34-52-51-28-24-38-11-5-6-14-50(38)56(51)57-58-53-15-7-8-16-54(53)59(57)55(52)35-46(45)30-42/h1-35H. The first kappa shape index (κ1) is 34.7. The molecule has 0 spiro atoms. The molecule has 2 heterocycles. The zero-order valence-electron chi connectivity index (χ0n) is 33.0. The van der Waals surface area contributed by atoms with E-state index in [1.807, 2.05) is 0 Å². The fraction of sp³-hybridized carbons (Fsp3) is 0. The van der Waals surface area contributed by atoms with Crippen LogP contribution in [-0.4, -0.2) is 9.38 Å². The van der Waals surface area contributed by atoms with Crippen LogP contribution in [0, 0.1) is 0 Å². The van der Waals surface area contributed by atoms with Crippen LogP contribution in [0.3, 0.4) is 0 Å². The molecule has 2 aromatic heterocycles. The summed E-state index contributed by atoms with van der Waals surface area (Å²) in [6.07, 6.45) is 0. The monoisotopic (exact) mass is 810 g/mol. The Hall–Kier alpha value is -7.16. The lowest BCUT2D eigenvalue weighted by Crippen LogP contribution is -2.25. The highest BCUT2D eigenvalue weighted by molar-refractivity contribution is 8.25. The highest BCUT2D eigenvalue weighted by Gasteiger charge is 2.26. The molecule has 0 aliphatic rings. The quantitative estimate of drug-likeness (QED) is 0.100. The molecule has 61 heavy (non-hydrogen) atoms. The number of hydrogen-bond donors (Lipinski definition) is 0. The Bertz CT molecular complexity index is 3970. The summed E-state index contributed by atoms with van der Waals surface area (Å²) in [6, 6.07) is 75.5. The van der Waals surface area contributed by atoms with E-state index < -0.39 is 6.04 Å². The molecule has 0 bridgehead atoms. The zero-order valence-corrected chi connectivity index (χ0v) is 34.7. The van der Waals surface area contributed by atoms with Crippen molar-refractivity contribution in [2.45, 2.75) is 0 Å². The SMILES string of the molecule is S=P(c1ccc2ccccc2c1)(c1ccc2ccccc2c1)c1ccc2cc(-c3ccc4cc5c6ccc7ccccc7c6c6nc7ccccc7n6c5cc4c3)ccc2c1. The van der Waals surface area contributed by atoms with Crippen LogP contribution in [0.1, 0.15) is 0 Å². The van der Waals surface area contributed by atoms with Crippen LogP contribution in [0.4, 0.5) is 0 Å². The molecule has 0 fully saturated rings. The Balaban J connectivity index is 0.957. The van der Waals surface area contributed by atoms with Gasteiger partial charge in [-0.2, -0.15) is 0 Å². The summed E-state index contributed by atoms with van der Waals surface area (Å²) in [5, 5.41) is 19.4. The van der Waals surface area contributed by atoms with Gasteiger partial charge in [0.1, 0.15) is 5.65 Å². The van der Waals surface area contributed by atoms with Gasteiger partial charge < -0.3 is 0 Å². The molecule has 0 amide bonds. The lowest BCUT2D eigenvalue weighted by atomic mass is 9.95. The van der Waals surface area contributed by atoms with Crippen molar-refractivity contribution in [1.29, 1.82) is 0 Å². The van der Waals surface area contributed by atoms with Gasteiger partial charge in [-0.1, -0.05) is 170 Å². The van der Waals surface area contributed by atoms with E-state index in [-0.39, 0.29) is 0 Å². The van der Waals surface area contributed by atoms with Crippen molar-refractivity contribution in [3.05, 3.63) is 212 Å². The van der Waals surface area contributed by atoms with Crippen LogP contribution >= 0.6 is 6.04 Å². The van der Waals surface area contributed by atoms with Crippen molar-refractivity contribution < 1.29 is 0 Å². The minimum absolute atomic E-state index is 0.997. The Morgan fingerprint density at radius 3 is 1.52 bits per heavy atom. The van der Waals surface area contributed by atoms with E-state index in [9.17, 15) is 0 Å². The number of para-hydroxylation sites is 2. The van der Waals surface area contributed by atoms with Crippen LogP contribution in [0.2, 0.25) is 0 Å². The minimum atomic E-state index is -2.44. The van der Waals surface area contributed by atoms with E-state index in [0.717, 1.165) is 22.2 Å². The van der Waals surface area contributed by atoms with Crippen molar-refractivity contribution >= 4 is 126 Å². The normalized spacial score (nSPS) is 12.3. The van der Waals surface area contributed by atoms with Gasteiger partial charge in [-0.05, 0) is 141 Å². The summed E-state index contributed by atoms with van der Waals surface area (Å²) in [4.78, 5) is 5.26. The number of nitrogens with zero attached hydrogens (tertiary/aromatic N) is 2. The summed E-state index contributed by atoms with van der Waals surface area (Å²) >= 11 is 6.97. The van der Waals surface area contributed by atoms with Gasteiger partial charge in [-0.25, -0.2) is 4.98 Å². The van der Waals surface area contributed by atoms with Gasteiger partial charge in [0, 0.05) is 16.8 Å². The molecule has 13 aromatic rings. The number of aromatic nitrogens is 2. The maximum absolute atomic E-state index is 6.97. The van der Waals surface area contributed by atoms with Gasteiger partial charge in [0.2, 0.25) is 0 Å². The van der Waals surface area contributed by atoms with Crippen molar-refractivity contribution in [2.24, 2.45) is 0 Å². The van der Waals surface area contributed by atoms with Crippen LogP contribution in [-0.2, 0) is 11.8 Å². The van der Waals surface area contributed by atoms with E-state index in [4.69, 9.17) is 16.8 Å². The lowest BCUT2D eigenvalue weighted by molar-refractivity contribution is 1.32. The molecule has 0 radical (unpaired) electrons. The van der Waals surface area contributed by atoms with E-state index in [1.165, 1.54) is 97.1 Å². The predicted molar refractivity (Wildman–Crippen MR) is 267 cm³/mol. The molecule has 11 aromatic carbocycles. The van der Waals surface area contributed by atoms with Crippen LogP contribution < -0.4 is 15.9 Å². The maximum atomic E-state index is 6.97. The predicted octanol–water partition coefficient (Wildman–Crippen LogP) is 14.0. The second-order valence-electron chi connectivity index (χ2n) is 16.3. The van der Waals surface area contributed by atoms with Gasteiger partial charge in [0.15, 0.2) is 0 Å². The van der Waals surface area contributed by atoms with E-state index in [0.29, 0.717) is 0 Å². The fourth-order valence-electron chi connectivity index (χ4n) is 9.84. The minimum Gasteiger partial charge on any atom is -0.292 e. The third-order valence-electron chi connectivity index (χ3n) is 12.9. The molecule has 4 heteroatoms. The first-order chi connectivity index (χ1) is 30.1. The summed E-state index contributed by atoms with van der Waals surface area (Å²) in [5.74, 6) is 0. The number of pyridine rings is 1. The molecule has 13 rings (SSSR count). The molecular weight excluding hydrogens is 776 g/mol. The zero-order chi connectivity index (χ0) is 40.2. The summed E-state index contributed by atoms with van der Waals surface area (Å²) < 4.78 is 2.37. The molecule has 0 aliphatic heterocycles. The third-order valence-corrected chi connectivity index (χ3v) is 17.8. The van der Waals surface area contributed by atoms with Crippen molar-refractivity contribution in [3.8, 4) is 11.1 Å². The number of hydrogen-bond acceptors (Lipinski definition) is 2. The lowest BCUT2D eigenvalue weighted by Gasteiger charge is -2.25. The number of rotatable bonds is 4. The summed E-state index contributed by atoms with van der Waals surface area (Å²) in [7, 11) is 0. The first-order valence-electron chi connectivity index (χ1n) is 20.8. The Labute approximate surface area is 357 Å². The first-order valence-corrected chi connectivity index (χ1v) is 23.6. The Morgan fingerprint density at radius 2 is 0.836 bits per heavy atom. The molecule has 2 nitrogen and oxygen atoms in total. The molecule has 284 valence electrons. The second kappa shape index (κ2) is 13.2. The second-order valence-corrected chi connectivity index (χ2v) is 20.7. The average Bonchev–Trinajstić information content (AvgIpc) is 3.72. The van der Waals surface area contributed by atoms with Gasteiger partial charge in [-0.15, -0.1) is 0 Å². The number of fused-ring (bicyclic) bond motifs is 14. The molecule has 0 saturated carbocycles. The van der Waals surface area contributed by atoms with Gasteiger partial charge >= 0.3 is 0 Å². The van der Waals surface area contributed by atoms with Gasteiger partial charge in [0.05, 0.1) is 16.6 Å². The van der Waals surface area contributed by atoms with Crippen LogP contribution in [0.5, 0.6) is 0 Å². The van der Waals surface area contributed by atoms with Crippen molar-refractivity contribution in [3.63, 3.8) is 0 Å². The smallest absolute Gasteiger partial charge is 0.147 e.